The van der Waals surface area contributed by atoms with Gasteiger partial charge in [0.05, 0.1) is 6.10 Å². The normalized spacial score (nSPS) is 30.5. The molecule has 0 aliphatic heterocycles. The SMILES string of the molecule is CN(CC(C)(C)N)C1CC(O)C1. The van der Waals surface area contributed by atoms with Crippen molar-refractivity contribution < 1.29 is 5.11 Å². The van der Waals surface area contributed by atoms with Crippen molar-refractivity contribution in [2.45, 2.75) is 44.4 Å². The molecule has 3 nitrogen and oxygen atoms in total. The first-order chi connectivity index (χ1) is 5.38. The van der Waals surface area contributed by atoms with E-state index in [4.69, 9.17) is 10.8 Å². The Kier molecular flexibility index (Phi) is 2.76. The minimum absolute atomic E-state index is 0.0710. The molecule has 0 spiro atoms. The number of likely N-dealkylation sites (N-methyl/N-ethyl adjacent to an activating group) is 1. The minimum Gasteiger partial charge on any atom is -0.393 e. The van der Waals surface area contributed by atoms with Gasteiger partial charge >= 0.3 is 0 Å². The lowest BCUT2D eigenvalue weighted by Gasteiger charge is -2.41. The molecule has 0 aromatic rings. The number of hydrogen-bond acceptors (Lipinski definition) is 3. The summed E-state index contributed by atoms with van der Waals surface area (Å²) >= 11 is 0. The molecule has 72 valence electrons. The van der Waals surface area contributed by atoms with Crippen molar-refractivity contribution in [2.75, 3.05) is 13.6 Å². The smallest absolute Gasteiger partial charge is 0.0570 e. The second-order valence-corrected chi connectivity index (χ2v) is 4.68. The van der Waals surface area contributed by atoms with E-state index in [9.17, 15) is 0 Å². The third-order valence-electron chi connectivity index (χ3n) is 2.37. The van der Waals surface area contributed by atoms with Gasteiger partial charge in [0.25, 0.3) is 0 Å². The van der Waals surface area contributed by atoms with E-state index in [0.717, 1.165) is 19.4 Å². The summed E-state index contributed by atoms with van der Waals surface area (Å²) in [5.74, 6) is 0. The van der Waals surface area contributed by atoms with Gasteiger partial charge in [-0.25, -0.2) is 0 Å². The fourth-order valence-corrected chi connectivity index (χ4v) is 1.69. The average Bonchev–Trinajstić information content (AvgIpc) is 1.76. The molecular weight excluding hydrogens is 152 g/mol. The highest BCUT2D eigenvalue weighted by molar-refractivity contribution is 4.88. The van der Waals surface area contributed by atoms with Gasteiger partial charge in [-0.2, -0.15) is 0 Å². The maximum Gasteiger partial charge on any atom is 0.0570 e. The first-order valence-electron chi connectivity index (χ1n) is 4.56. The third kappa shape index (κ3) is 2.73. The molecule has 0 radical (unpaired) electrons. The van der Waals surface area contributed by atoms with Gasteiger partial charge < -0.3 is 15.7 Å². The van der Waals surface area contributed by atoms with Crippen LogP contribution in [0.4, 0.5) is 0 Å². The summed E-state index contributed by atoms with van der Waals surface area (Å²) in [6, 6.07) is 0.544. The number of nitrogens with two attached hydrogens (primary N) is 1. The van der Waals surface area contributed by atoms with E-state index in [0.29, 0.717) is 6.04 Å². The van der Waals surface area contributed by atoms with E-state index in [2.05, 4.69) is 11.9 Å². The maximum atomic E-state index is 9.11. The van der Waals surface area contributed by atoms with Gasteiger partial charge in [0.2, 0.25) is 0 Å². The molecule has 0 heterocycles. The van der Waals surface area contributed by atoms with E-state index in [1.54, 1.807) is 0 Å². The molecule has 0 aromatic carbocycles. The lowest BCUT2D eigenvalue weighted by molar-refractivity contribution is 0.00654. The zero-order valence-corrected chi connectivity index (χ0v) is 8.25. The summed E-state index contributed by atoms with van der Waals surface area (Å²) in [5, 5.41) is 9.11. The molecular formula is C9H20N2O. The van der Waals surface area contributed by atoms with Gasteiger partial charge in [-0.1, -0.05) is 0 Å². The third-order valence-corrected chi connectivity index (χ3v) is 2.37. The first-order valence-corrected chi connectivity index (χ1v) is 4.56. The molecule has 1 rings (SSSR count). The van der Waals surface area contributed by atoms with Crippen LogP contribution in [0.15, 0.2) is 0 Å². The van der Waals surface area contributed by atoms with E-state index in [1.807, 2.05) is 13.8 Å². The Balaban J connectivity index is 2.25. The van der Waals surface area contributed by atoms with Gasteiger partial charge in [-0.3, -0.25) is 0 Å². The number of nitrogens with zero attached hydrogens (tertiary/aromatic N) is 1. The van der Waals surface area contributed by atoms with E-state index < -0.39 is 0 Å². The quantitative estimate of drug-likeness (QED) is 0.638. The molecule has 0 saturated heterocycles. The first kappa shape index (κ1) is 9.96. The highest BCUT2D eigenvalue weighted by Gasteiger charge is 2.31. The summed E-state index contributed by atoms with van der Waals surface area (Å²) in [6.45, 7) is 4.95. The lowest BCUT2D eigenvalue weighted by atomic mass is 9.87. The Hall–Kier alpha value is -0.120. The highest BCUT2D eigenvalue weighted by Crippen LogP contribution is 2.24. The van der Waals surface area contributed by atoms with Gasteiger partial charge in [0.15, 0.2) is 0 Å². The largest absolute Gasteiger partial charge is 0.393 e. The molecule has 0 aromatic heterocycles. The van der Waals surface area contributed by atoms with E-state index in [1.165, 1.54) is 0 Å². The van der Waals surface area contributed by atoms with Crippen molar-refractivity contribution in [3.63, 3.8) is 0 Å². The van der Waals surface area contributed by atoms with Crippen molar-refractivity contribution in [3.8, 4) is 0 Å². The van der Waals surface area contributed by atoms with Crippen molar-refractivity contribution >= 4 is 0 Å². The molecule has 0 bridgehead atoms. The molecule has 0 unspecified atom stereocenters. The second-order valence-electron chi connectivity index (χ2n) is 4.68. The predicted molar refractivity (Wildman–Crippen MR) is 49.9 cm³/mol. The van der Waals surface area contributed by atoms with Gasteiger partial charge in [-0.15, -0.1) is 0 Å². The molecule has 1 aliphatic carbocycles. The van der Waals surface area contributed by atoms with Crippen LogP contribution in [0.25, 0.3) is 0 Å². The second kappa shape index (κ2) is 3.32. The minimum atomic E-state index is -0.130. The fraction of sp³-hybridized carbons (Fsp3) is 1.00. The van der Waals surface area contributed by atoms with Crippen LogP contribution in [-0.4, -0.2) is 41.3 Å². The maximum absolute atomic E-state index is 9.11. The van der Waals surface area contributed by atoms with Crippen molar-refractivity contribution in [1.82, 2.24) is 4.90 Å². The number of aliphatic hydroxyl groups is 1. The van der Waals surface area contributed by atoms with Gasteiger partial charge in [0.1, 0.15) is 0 Å². The van der Waals surface area contributed by atoms with Crippen LogP contribution in [0.2, 0.25) is 0 Å². The standard InChI is InChI=1S/C9H20N2O/c1-9(2,10)6-11(3)7-4-8(12)5-7/h7-8,12H,4-6,10H2,1-3H3. The Bertz CT molecular complexity index is 147. The molecule has 0 amide bonds. The Morgan fingerprint density at radius 3 is 2.33 bits per heavy atom. The van der Waals surface area contributed by atoms with Crippen molar-refractivity contribution in [1.29, 1.82) is 0 Å². The zero-order chi connectivity index (χ0) is 9.35. The van der Waals surface area contributed by atoms with Crippen molar-refractivity contribution in [3.05, 3.63) is 0 Å². The zero-order valence-electron chi connectivity index (χ0n) is 8.25. The molecule has 1 fully saturated rings. The van der Waals surface area contributed by atoms with Gasteiger partial charge in [0, 0.05) is 18.1 Å². The molecule has 0 atom stereocenters. The van der Waals surface area contributed by atoms with Crippen LogP contribution < -0.4 is 5.73 Å². The topological polar surface area (TPSA) is 49.5 Å². The Morgan fingerprint density at radius 1 is 1.50 bits per heavy atom. The fourth-order valence-electron chi connectivity index (χ4n) is 1.69. The van der Waals surface area contributed by atoms with Crippen LogP contribution in [-0.2, 0) is 0 Å². The van der Waals surface area contributed by atoms with E-state index >= 15 is 0 Å². The molecule has 1 saturated carbocycles. The average molecular weight is 172 g/mol. The summed E-state index contributed by atoms with van der Waals surface area (Å²) in [4.78, 5) is 2.24. The summed E-state index contributed by atoms with van der Waals surface area (Å²) in [6.07, 6.45) is 1.75. The Labute approximate surface area is 74.5 Å². The molecule has 3 N–H and O–H groups in total. The molecule has 12 heavy (non-hydrogen) atoms. The monoisotopic (exact) mass is 172 g/mol. The van der Waals surface area contributed by atoms with Crippen molar-refractivity contribution in [2.24, 2.45) is 5.73 Å². The number of rotatable bonds is 3. The van der Waals surface area contributed by atoms with Crippen LogP contribution >= 0.6 is 0 Å². The predicted octanol–water partition coefficient (Wildman–Crippen LogP) is 0.179. The van der Waals surface area contributed by atoms with Crippen LogP contribution in [0.5, 0.6) is 0 Å². The van der Waals surface area contributed by atoms with Crippen LogP contribution in [0.3, 0.4) is 0 Å². The van der Waals surface area contributed by atoms with Crippen LogP contribution in [0, 0.1) is 0 Å². The van der Waals surface area contributed by atoms with Crippen LogP contribution in [0.1, 0.15) is 26.7 Å². The summed E-state index contributed by atoms with van der Waals surface area (Å²) in [7, 11) is 2.07. The summed E-state index contributed by atoms with van der Waals surface area (Å²) in [5.41, 5.74) is 5.75. The van der Waals surface area contributed by atoms with Gasteiger partial charge in [-0.05, 0) is 33.7 Å². The Morgan fingerprint density at radius 2 is 2.00 bits per heavy atom. The number of hydrogen-bond donors (Lipinski definition) is 2. The summed E-state index contributed by atoms with van der Waals surface area (Å²) < 4.78 is 0. The highest BCUT2D eigenvalue weighted by atomic mass is 16.3. The lowest BCUT2D eigenvalue weighted by Crippen LogP contribution is -2.52. The molecule has 1 aliphatic rings. The molecule has 3 heteroatoms. The number of aliphatic hydroxyl groups excluding tert-OH is 1. The van der Waals surface area contributed by atoms with E-state index in [-0.39, 0.29) is 11.6 Å².